The molecule has 6 heteroatoms. The van der Waals surface area contributed by atoms with Crippen molar-refractivity contribution in [2.75, 3.05) is 14.2 Å². The molecule has 106 valence electrons. The van der Waals surface area contributed by atoms with Crippen LogP contribution >= 0.6 is 0 Å². The highest BCUT2D eigenvalue weighted by Gasteiger charge is 1.98. The Morgan fingerprint density at radius 2 is 1.47 bits per heavy atom. The van der Waals surface area contributed by atoms with Crippen LogP contribution in [0.25, 0.3) is 0 Å². The van der Waals surface area contributed by atoms with E-state index in [0.717, 1.165) is 5.76 Å². The lowest BCUT2D eigenvalue weighted by atomic mass is 10.4. The molecule has 2 aromatic heterocycles. The first-order valence-corrected chi connectivity index (χ1v) is 5.64. The summed E-state index contributed by atoms with van der Waals surface area (Å²) in [6.45, 7) is 0.326. The fourth-order valence-corrected chi connectivity index (χ4v) is 1.28. The molecule has 0 spiro atoms. The van der Waals surface area contributed by atoms with E-state index in [-0.39, 0.29) is 13.2 Å². The third-order valence-electron chi connectivity index (χ3n) is 2.15. The molecule has 19 heavy (non-hydrogen) atoms. The molecule has 0 aliphatic heterocycles. The van der Waals surface area contributed by atoms with Gasteiger partial charge in [-0.1, -0.05) is 0 Å². The molecule has 0 radical (unpaired) electrons. The smallest absolute Gasteiger partial charge is 0.284 e. The molecule has 0 fully saturated rings. The van der Waals surface area contributed by atoms with Crippen LogP contribution in [0.5, 0.6) is 5.95 Å². The third kappa shape index (κ3) is 5.17. The second-order valence-electron chi connectivity index (χ2n) is 3.54. The van der Waals surface area contributed by atoms with E-state index in [4.69, 9.17) is 28.5 Å². The number of methoxy groups -OCH3 is 2. The Bertz CT molecular complexity index is 441. The van der Waals surface area contributed by atoms with E-state index >= 15 is 0 Å². The first-order chi connectivity index (χ1) is 9.23. The van der Waals surface area contributed by atoms with Crippen molar-refractivity contribution in [2.24, 2.45) is 0 Å². The highest BCUT2D eigenvalue weighted by Crippen LogP contribution is 2.14. The van der Waals surface area contributed by atoms with Gasteiger partial charge in [0.05, 0.1) is 7.11 Å². The van der Waals surface area contributed by atoms with Crippen molar-refractivity contribution >= 4 is 0 Å². The summed E-state index contributed by atoms with van der Waals surface area (Å²) in [6.07, 6.45) is 0. The van der Waals surface area contributed by atoms with Gasteiger partial charge in [-0.25, -0.2) is 0 Å². The Morgan fingerprint density at radius 1 is 0.895 bits per heavy atom. The van der Waals surface area contributed by atoms with Crippen LogP contribution in [-0.4, -0.2) is 24.4 Å². The van der Waals surface area contributed by atoms with Gasteiger partial charge in [-0.2, -0.15) is 0 Å². The zero-order chi connectivity index (χ0) is 14.1. The van der Waals surface area contributed by atoms with Gasteiger partial charge in [0, 0.05) is 13.2 Å². The van der Waals surface area contributed by atoms with E-state index in [9.17, 15) is 0 Å². The lowest BCUT2D eigenvalue weighted by molar-refractivity contribution is 0.157. The van der Waals surface area contributed by atoms with Crippen LogP contribution in [0.3, 0.4) is 0 Å². The summed E-state index contributed by atoms with van der Waals surface area (Å²) in [7, 11) is 3.11. The van der Waals surface area contributed by atoms with Gasteiger partial charge in [-0.15, -0.1) is 0 Å². The van der Waals surface area contributed by atoms with Gasteiger partial charge in [0.15, 0.2) is 0 Å². The van der Waals surface area contributed by atoms with Gasteiger partial charge >= 0.3 is 0 Å². The topological polar surface area (TPSA) is 85.2 Å². The molecule has 0 aliphatic rings. The van der Waals surface area contributed by atoms with E-state index in [1.54, 1.807) is 31.4 Å². The van der Waals surface area contributed by atoms with Crippen LogP contribution in [0.2, 0.25) is 0 Å². The van der Waals surface area contributed by atoms with Gasteiger partial charge in [0.1, 0.15) is 37.1 Å². The van der Waals surface area contributed by atoms with E-state index < -0.39 is 0 Å². The molecule has 2 aromatic rings. The molecule has 2 rings (SSSR count). The Morgan fingerprint density at radius 3 is 1.89 bits per heavy atom. The molecule has 0 amide bonds. The summed E-state index contributed by atoms with van der Waals surface area (Å²) in [5.74, 6) is 2.27. The lowest BCUT2D eigenvalue weighted by Crippen LogP contribution is -1.82. The van der Waals surface area contributed by atoms with Gasteiger partial charge < -0.3 is 28.5 Å². The highest BCUT2D eigenvalue weighted by atomic mass is 16.6. The first kappa shape index (κ1) is 15.3. The Labute approximate surface area is 111 Å². The zero-order valence-electron chi connectivity index (χ0n) is 11.0. The highest BCUT2D eigenvalue weighted by molar-refractivity contribution is 5.10. The molecule has 2 heterocycles. The zero-order valence-corrected chi connectivity index (χ0v) is 11.0. The number of aliphatic hydroxyl groups excluding tert-OH is 2. The average molecular weight is 270 g/mol. The van der Waals surface area contributed by atoms with E-state index in [0.29, 0.717) is 24.1 Å². The number of ether oxygens (including phenoxy) is 2. The maximum absolute atomic E-state index is 8.58. The minimum atomic E-state index is -0.0800. The van der Waals surface area contributed by atoms with Crippen LogP contribution < -0.4 is 4.74 Å². The SMILES string of the molecule is COCc1ccc(CO)o1.COc1ccc(CO)o1. The van der Waals surface area contributed by atoms with Crippen molar-refractivity contribution in [1.29, 1.82) is 0 Å². The minimum Gasteiger partial charge on any atom is -0.468 e. The predicted molar refractivity (Wildman–Crippen MR) is 66.5 cm³/mol. The van der Waals surface area contributed by atoms with Crippen molar-refractivity contribution in [3.8, 4) is 5.95 Å². The maximum atomic E-state index is 8.58. The van der Waals surface area contributed by atoms with Gasteiger partial charge in [-0.3, -0.25) is 0 Å². The van der Waals surface area contributed by atoms with Crippen molar-refractivity contribution < 1.29 is 28.5 Å². The molecular formula is C13H18O6. The van der Waals surface area contributed by atoms with Gasteiger partial charge in [-0.05, 0) is 18.2 Å². The molecule has 0 bridgehead atoms. The van der Waals surface area contributed by atoms with Crippen LogP contribution in [-0.2, 0) is 24.6 Å². The van der Waals surface area contributed by atoms with Gasteiger partial charge in [0.2, 0.25) is 0 Å². The van der Waals surface area contributed by atoms with Crippen LogP contribution in [0.4, 0.5) is 0 Å². The predicted octanol–water partition coefficient (Wildman–Crippen LogP) is 1.70. The van der Waals surface area contributed by atoms with E-state index in [2.05, 4.69) is 0 Å². The lowest BCUT2D eigenvalue weighted by Gasteiger charge is -1.91. The average Bonchev–Trinajstić information content (AvgIpc) is 3.08. The Kier molecular flexibility index (Phi) is 6.73. The molecule has 0 aliphatic carbocycles. The van der Waals surface area contributed by atoms with Crippen LogP contribution in [0.1, 0.15) is 17.3 Å². The summed E-state index contributed by atoms with van der Waals surface area (Å²) >= 11 is 0. The van der Waals surface area contributed by atoms with Crippen LogP contribution in [0, 0.1) is 0 Å². The Hall–Kier alpha value is -1.76. The van der Waals surface area contributed by atoms with Crippen molar-refractivity contribution in [1.82, 2.24) is 0 Å². The largest absolute Gasteiger partial charge is 0.468 e. The van der Waals surface area contributed by atoms with Crippen LogP contribution in [0.15, 0.2) is 33.1 Å². The molecule has 2 N–H and O–H groups in total. The second-order valence-corrected chi connectivity index (χ2v) is 3.54. The minimum absolute atomic E-state index is 0.0519. The number of furan rings is 2. The molecule has 0 atom stereocenters. The summed E-state index contributed by atoms with van der Waals surface area (Å²) in [5.41, 5.74) is 0. The fourth-order valence-electron chi connectivity index (χ4n) is 1.28. The third-order valence-corrected chi connectivity index (χ3v) is 2.15. The Balaban J connectivity index is 0.000000191. The van der Waals surface area contributed by atoms with Crippen molar-refractivity contribution in [3.05, 3.63) is 41.5 Å². The standard InChI is InChI=1S/C7H10O3.C6H8O3/c1-9-5-7-3-2-6(4-8)10-7;1-8-6-3-2-5(4-7)9-6/h2-3,8H,4-5H2,1H3;2-3,7H,4H2,1H3. The first-order valence-electron chi connectivity index (χ1n) is 5.64. The molecular weight excluding hydrogens is 252 g/mol. The number of aliphatic hydroxyl groups is 2. The number of hydrogen-bond donors (Lipinski definition) is 2. The molecule has 0 unspecified atom stereocenters. The monoisotopic (exact) mass is 270 g/mol. The second kappa shape index (κ2) is 8.36. The molecule has 0 saturated carbocycles. The number of rotatable bonds is 5. The fraction of sp³-hybridized carbons (Fsp3) is 0.385. The summed E-state index contributed by atoms with van der Waals surface area (Å²) in [6, 6.07) is 6.84. The van der Waals surface area contributed by atoms with E-state index in [1.807, 2.05) is 0 Å². The molecule has 0 aromatic carbocycles. The number of hydrogen-bond acceptors (Lipinski definition) is 6. The van der Waals surface area contributed by atoms with Gasteiger partial charge in [0.25, 0.3) is 5.95 Å². The summed E-state index contributed by atoms with van der Waals surface area (Å²) in [5, 5.41) is 17.1. The van der Waals surface area contributed by atoms with Crippen molar-refractivity contribution in [3.63, 3.8) is 0 Å². The molecule has 6 nitrogen and oxygen atoms in total. The summed E-state index contributed by atoms with van der Waals surface area (Å²) in [4.78, 5) is 0. The summed E-state index contributed by atoms with van der Waals surface area (Å²) < 4.78 is 19.5. The maximum Gasteiger partial charge on any atom is 0.284 e. The molecule has 0 saturated heterocycles. The van der Waals surface area contributed by atoms with Crippen molar-refractivity contribution in [2.45, 2.75) is 19.8 Å². The normalized spacial score (nSPS) is 9.89. The van der Waals surface area contributed by atoms with E-state index in [1.165, 1.54) is 7.11 Å². The quantitative estimate of drug-likeness (QED) is 0.860.